The van der Waals surface area contributed by atoms with E-state index in [9.17, 15) is 23.3 Å². The summed E-state index contributed by atoms with van der Waals surface area (Å²) in [6.45, 7) is 1.20. The van der Waals surface area contributed by atoms with Crippen LogP contribution in [0.25, 0.3) is 0 Å². The second-order valence-electron chi connectivity index (χ2n) is 5.31. The van der Waals surface area contributed by atoms with Gasteiger partial charge in [-0.05, 0) is 31.2 Å². The number of nitrogens with zero attached hydrogens (tertiary/aromatic N) is 1. The minimum absolute atomic E-state index is 0.00882. The lowest BCUT2D eigenvalue weighted by Gasteiger charge is -2.11. The van der Waals surface area contributed by atoms with Crippen LogP contribution in [0.4, 0.5) is 11.4 Å². The Bertz CT molecular complexity index is 924. The number of aryl methyl sites for hydroxylation is 1. The highest BCUT2D eigenvalue weighted by atomic mass is 32.2. The van der Waals surface area contributed by atoms with Gasteiger partial charge in [0.05, 0.1) is 15.5 Å². The Morgan fingerprint density at radius 2 is 1.92 bits per heavy atom. The minimum Gasteiger partial charge on any atom is -0.484 e. The highest BCUT2D eigenvalue weighted by molar-refractivity contribution is 7.90. The van der Waals surface area contributed by atoms with E-state index >= 15 is 0 Å². The van der Waals surface area contributed by atoms with Gasteiger partial charge in [-0.25, -0.2) is 8.42 Å². The van der Waals surface area contributed by atoms with Gasteiger partial charge < -0.3 is 10.1 Å². The second kappa shape index (κ2) is 7.31. The van der Waals surface area contributed by atoms with Crippen LogP contribution in [-0.2, 0) is 14.6 Å². The molecule has 25 heavy (non-hydrogen) atoms. The SMILES string of the molecule is Cc1cc(OCC(=O)Nc2ccccc2S(C)(=O)=O)ccc1[N+](=O)[O-]. The van der Waals surface area contributed by atoms with Gasteiger partial charge in [-0.1, -0.05) is 12.1 Å². The molecule has 0 bridgehead atoms. The molecule has 0 spiro atoms. The molecule has 9 heteroatoms. The number of nitrogens with one attached hydrogen (secondary N) is 1. The van der Waals surface area contributed by atoms with Gasteiger partial charge in [0.1, 0.15) is 5.75 Å². The average molecular weight is 364 g/mol. The number of hydrogen-bond donors (Lipinski definition) is 1. The fourth-order valence-corrected chi connectivity index (χ4v) is 3.00. The third kappa shape index (κ3) is 4.77. The van der Waals surface area contributed by atoms with Gasteiger partial charge in [0, 0.05) is 17.9 Å². The first kappa shape index (κ1) is 18.4. The normalized spacial score (nSPS) is 11.0. The number of benzene rings is 2. The largest absolute Gasteiger partial charge is 0.484 e. The summed E-state index contributed by atoms with van der Waals surface area (Å²) in [7, 11) is -3.48. The molecule has 0 aliphatic heterocycles. The number of nitro benzene ring substituents is 1. The molecule has 0 heterocycles. The summed E-state index contributed by atoms with van der Waals surface area (Å²) in [5, 5.41) is 13.2. The summed E-state index contributed by atoms with van der Waals surface area (Å²) < 4.78 is 28.7. The van der Waals surface area contributed by atoms with Crippen LogP contribution in [0.15, 0.2) is 47.4 Å². The maximum atomic E-state index is 12.0. The standard InChI is InChI=1S/C16H16N2O6S/c1-11-9-12(7-8-14(11)18(20)21)24-10-16(19)17-13-5-3-4-6-15(13)25(2,22)23/h3-9H,10H2,1-2H3,(H,17,19). The first-order valence-corrected chi connectivity index (χ1v) is 9.04. The number of ether oxygens (including phenoxy) is 1. The monoisotopic (exact) mass is 364 g/mol. The van der Waals surface area contributed by atoms with Crippen molar-refractivity contribution in [3.8, 4) is 5.75 Å². The maximum absolute atomic E-state index is 12.0. The molecule has 0 saturated carbocycles. The van der Waals surface area contributed by atoms with E-state index in [0.29, 0.717) is 11.3 Å². The topological polar surface area (TPSA) is 116 Å². The fourth-order valence-electron chi connectivity index (χ4n) is 2.15. The van der Waals surface area contributed by atoms with Crippen LogP contribution < -0.4 is 10.1 Å². The zero-order chi connectivity index (χ0) is 18.6. The van der Waals surface area contributed by atoms with Crippen molar-refractivity contribution < 1.29 is 22.9 Å². The Kier molecular flexibility index (Phi) is 5.38. The van der Waals surface area contributed by atoms with Crippen LogP contribution in [0.1, 0.15) is 5.56 Å². The number of rotatable bonds is 6. The lowest BCUT2D eigenvalue weighted by atomic mass is 10.2. The predicted molar refractivity (Wildman–Crippen MR) is 91.5 cm³/mol. The van der Waals surface area contributed by atoms with Crippen LogP contribution in [0.2, 0.25) is 0 Å². The summed E-state index contributed by atoms with van der Waals surface area (Å²) in [6.07, 6.45) is 1.05. The summed E-state index contributed by atoms with van der Waals surface area (Å²) in [5.41, 5.74) is 0.530. The number of hydrogen-bond acceptors (Lipinski definition) is 6. The van der Waals surface area contributed by atoms with E-state index in [-0.39, 0.29) is 22.9 Å². The molecule has 132 valence electrons. The average Bonchev–Trinajstić information content (AvgIpc) is 2.52. The molecule has 1 N–H and O–H groups in total. The molecular weight excluding hydrogens is 348 g/mol. The number of carbonyl (C=O) groups is 1. The van der Waals surface area contributed by atoms with Crippen LogP contribution >= 0.6 is 0 Å². The highest BCUT2D eigenvalue weighted by Crippen LogP contribution is 2.23. The van der Waals surface area contributed by atoms with Gasteiger partial charge >= 0.3 is 0 Å². The molecule has 0 saturated heterocycles. The van der Waals surface area contributed by atoms with E-state index in [1.807, 2.05) is 0 Å². The molecule has 0 atom stereocenters. The lowest BCUT2D eigenvalue weighted by Crippen LogP contribution is -2.21. The predicted octanol–water partition coefficient (Wildman–Crippen LogP) is 2.32. The molecule has 1 amide bonds. The molecule has 0 aliphatic rings. The van der Waals surface area contributed by atoms with Crippen molar-refractivity contribution in [2.75, 3.05) is 18.2 Å². The maximum Gasteiger partial charge on any atom is 0.272 e. The quantitative estimate of drug-likeness (QED) is 0.621. The molecule has 2 aromatic carbocycles. The number of amides is 1. The minimum atomic E-state index is -3.48. The van der Waals surface area contributed by atoms with E-state index < -0.39 is 20.7 Å². The molecule has 0 aromatic heterocycles. The van der Waals surface area contributed by atoms with Crippen molar-refractivity contribution in [3.05, 3.63) is 58.1 Å². The summed E-state index contributed by atoms with van der Waals surface area (Å²) in [4.78, 5) is 22.3. The summed E-state index contributed by atoms with van der Waals surface area (Å²) >= 11 is 0. The first-order chi connectivity index (χ1) is 11.7. The van der Waals surface area contributed by atoms with Gasteiger partial charge in [-0.15, -0.1) is 0 Å². The van der Waals surface area contributed by atoms with E-state index in [0.717, 1.165) is 6.26 Å². The van der Waals surface area contributed by atoms with Crippen LogP contribution in [-0.4, -0.2) is 32.1 Å². The van der Waals surface area contributed by atoms with Crippen LogP contribution in [0.5, 0.6) is 5.75 Å². The summed E-state index contributed by atoms with van der Waals surface area (Å²) in [5.74, 6) is -0.248. The lowest BCUT2D eigenvalue weighted by molar-refractivity contribution is -0.385. The number of nitro groups is 1. The van der Waals surface area contributed by atoms with E-state index in [1.165, 1.54) is 30.3 Å². The highest BCUT2D eigenvalue weighted by Gasteiger charge is 2.15. The molecule has 0 aliphatic carbocycles. The van der Waals surface area contributed by atoms with Crippen molar-refractivity contribution >= 4 is 27.1 Å². The van der Waals surface area contributed by atoms with Gasteiger partial charge in [-0.3, -0.25) is 14.9 Å². The number of para-hydroxylation sites is 1. The molecular formula is C16H16N2O6S. The van der Waals surface area contributed by atoms with Gasteiger partial charge in [0.15, 0.2) is 16.4 Å². The van der Waals surface area contributed by atoms with E-state index in [2.05, 4.69) is 5.32 Å². The zero-order valence-corrected chi connectivity index (χ0v) is 14.4. The second-order valence-corrected chi connectivity index (χ2v) is 7.29. The fraction of sp³-hybridized carbons (Fsp3) is 0.188. The van der Waals surface area contributed by atoms with E-state index in [4.69, 9.17) is 4.74 Å². The van der Waals surface area contributed by atoms with Crippen molar-refractivity contribution in [1.82, 2.24) is 0 Å². The number of carbonyl (C=O) groups excluding carboxylic acids is 1. The smallest absolute Gasteiger partial charge is 0.272 e. The molecule has 0 unspecified atom stereocenters. The van der Waals surface area contributed by atoms with Gasteiger partial charge in [0.25, 0.3) is 11.6 Å². The van der Waals surface area contributed by atoms with Crippen molar-refractivity contribution in [2.24, 2.45) is 0 Å². The van der Waals surface area contributed by atoms with Crippen molar-refractivity contribution in [1.29, 1.82) is 0 Å². The number of sulfone groups is 1. The Morgan fingerprint density at radius 1 is 1.24 bits per heavy atom. The Labute approximate surface area is 144 Å². The zero-order valence-electron chi connectivity index (χ0n) is 13.6. The van der Waals surface area contributed by atoms with Gasteiger partial charge in [-0.2, -0.15) is 0 Å². The Morgan fingerprint density at radius 3 is 2.52 bits per heavy atom. The van der Waals surface area contributed by atoms with Gasteiger partial charge in [0.2, 0.25) is 0 Å². The molecule has 2 aromatic rings. The Hall–Kier alpha value is -2.94. The first-order valence-electron chi connectivity index (χ1n) is 7.15. The number of anilines is 1. The Balaban J connectivity index is 2.05. The molecule has 2 rings (SSSR count). The van der Waals surface area contributed by atoms with Crippen LogP contribution in [0, 0.1) is 17.0 Å². The third-order valence-corrected chi connectivity index (χ3v) is 4.45. The molecule has 0 fully saturated rings. The summed E-state index contributed by atoms with van der Waals surface area (Å²) in [6, 6.07) is 10.2. The van der Waals surface area contributed by atoms with Crippen molar-refractivity contribution in [3.63, 3.8) is 0 Å². The molecule has 0 radical (unpaired) electrons. The molecule has 8 nitrogen and oxygen atoms in total. The third-order valence-electron chi connectivity index (χ3n) is 3.30. The van der Waals surface area contributed by atoms with E-state index in [1.54, 1.807) is 19.1 Å². The van der Waals surface area contributed by atoms with Crippen molar-refractivity contribution in [2.45, 2.75) is 11.8 Å². The van der Waals surface area contributed by atoms with Crippen LogP contribution in [0.3, 0.4) is 0 Å².